The summed E-state index contributed by atoms with van der Waals surface area (Å²) in [5.74, 6) is 0.187. The second-order valence-electron chi connectivity index (χ2n) is 8.46. The molecule has 1 saturated heterocycles. The number of benzene rings is 1. The maximum Gasteiger partial charge on any atom is 0.407 e. The van der Waals surface area contributed by atoms with Crippen LogP contribution in [0.1, 0.15) is 52.0 Å². The number of carbonyl (C=O) groups excluding carboxylic acids is 3. The molecule has 1 aliphatic rings. The Labute approximate surface area is 178 Å². The van der Waals surface area contributed by atoms with Gasteiger partial charge in [0.05, 0.1) is 0 Å². The first-order chi connectivity index (χ1) is 14.2. The van der Waals surface area contributed by atoms with E-state index >= 15 is 0 Å². The summed E-state index contributed by atoms with van der Waals surface area (Å²) in [4.78, 5) is 35.8. The van der Waals surface area contributed by atoms with Crippen LogP contribution in [0.2, 0.25) is 0 Å². The number of hydrogen-bond donors (Lipinski definition) is 3. The van der Waals surface area contributed by atoms with Crippen LogP contribution in [0.3, 0.4) is 0 Å². The van der Waals surface area contributed by atoms with Gasteiger partial charge < -0.3 is 25.4 Å². The molecule has 0 atom stereocenters. The van der Waals surface area contributed by atoms with Gasteiger partial charge in [-0.1, -0.05) is 12.1 Å². The lowest BCUT2D eigenvalue weighted by Gasteiger charge is -2.21. The number of carbonyl (C=O) groups is 3. The summed E-state index contributed by atoms with van der Waals surface area (Å²) >= 11 is 0. The van der Waals surface area contributed by atoms with E-state index in [4.69, 9.17) is 9.47 Å². The first-order valence-electron chi connectivity index (χ1n) is 10.4. The van der Waals surface area contributed by atoms with Crippen molar-refractivity contribution in [3.8, 4) is 0 Å². The molecule has 1 heterocycles. The third kappa shape index (κ3) is 9.73. The summed E-state index contributed by atoms with van der Waals surface area (Å²) in [6.45, 7) is 7.32. The predicted octanol–water partition coefficient (Wildman–Crippen LogP) is 2.97. The molecule has 0 saturated carbocycles. The van der Waals surface area contributed by atoms with Crippen molar-refractivity contribution in [2.75, 3.05) is 25.1 Å². The Balaban J connectivity index is 1.69. The van der Waals surface area contributed by atoms with Gasteiger partial charge in [0, 0.05) is 44.8 Å². The van der Waals surface area contributed by atoms with Crippen LogP contribution >= 0.6 is 0 Å². The van der Waals surface area contributed by atoms with Crippen molar-refractivity contribution in [2.45, 2.75) is 58.6 Å². The standard InChI is InChI=1S/C22H33N3O5/c1-22(2,3)30-21(28)23-10-7-19(26)24-15-17-5-4-6-18(13-17)25-20(27)14-16-8-11-29-12-9-16/h4-6,13,16H,7-12,14-15H2,1-3H3,(H,23,28)(H,24,26)(H,25,27). The fourth-order valence-electron chi connectivity index (χ4n) is 3.07. The fourth-order valence-corrected chi connectivity index (χ4v) is 3.07. The van der Waals surface area contributed by atoms with E-state index in [1.54, 1.807) is 20.8 Å². The van der Waals surface area contributed by atoms with Gasteiger partial charge in [0.1, 0.15) is 5.60 Å². The topological polar surface area (TPSA) is 106 Å². The number of hydrogen-bond acceptors (Lipinski definition) is 5. The second-order valence-corrected chi connectivity index (χ2v) is 8.46. The summed E-state index contributed by atoms with van der Waals surface area (Å²) in [6.07, 6.45) is 1.94. The van der Waals surface area contributed by atoms with Gasteiger partial charge in [-0.25, -0.2) is 4.79 Å². The average Bonchev–Trinajstić information content (AvgIpc) is 2.66. The third-order valence-corrected chi connectivity index (χ3v) is 4.54. The third-order valence-electron chi connectivity index (χ3n) is 4.54. The zero-order valence-corrected chi connectivity index (χ0v) is 18.1. The van der Waals surface area contributed by atoms with Gasteiger partial charge in [-0.15, -0.1) is 0 Å². The Kier molecular flexibility index (Phi) is 9.11. The summed E-state index contributed by atoms with van der Waals surface area (Å²) in [5, 5.41) is 8.29. The SMILES string of the molecule is CC(C)(C)OC(=O)NCCC(=O)NCc1cccc(NC(=O)CC2CCOCC2)c1. The van der Waals surface area contributed by atoms with Crippen molar-refractivity contribution in [1.82, 2.24) is 10.6 Å². The van der Waals surface area contributed by atoms with Crippen LogP contribution < -0.4 is 16.0 Å². The summed E-state index contributed by atoms with van der Waals surface area (Å²) < 4.78 is 10.4. The lowest BCUT2D eigenvalue weighted by Crippen LogP contribution is -2.35. The summed E-state index contributed by atoms with van der Waals surface area (Å²) in [6, 6.07) is 7.40. The number of alkyl carbamates (subject to hydrolysis) is 1. The van der Waals surface area contributed by atoms with Gasteiger partial charge in [0.2, 0.25) is 11.8 Å². The second kappa shape index (κ2) is 11.5. The summed E-state index contributed by atoms with van der Waals surface area (Å²) in [7, 11) is 0. The molecule has 3 N–H and O–H groups in total. The first kappa shape index (κ1) is 23.7. The zero-order chi connectivity index (χ0) is 22.0. The molecule has 8 heteroatoms. The van der Waals surface area contributed by atoms with E-state index in [0.29, 0.717) is 24.6 Å². The smallest absolute Gasteiger partial charge is 0.407 e. The predicted molar refractivity (Wildman–Crippen MR) is 114 cm³/mol. The Bertz CT molecular complexity index is 724. The average molecular weight is 420 g/mol. The quantitative estimate of drug-likeness (QED) is 0.601. The molecule has 1 aromatic rings. The normalized spacial score (nSPS) is 14.6. The van der Waals surface area contributed by atoms with Crippen LogP contribution in [0, 0.1) is 5.92 Å². The number of rotatable bonds is 8. The largest absolute Gasteiger partial charge is 0.444 e. The van der Waals surface area contributed by atoms with Crippen molar-refractivity contribution in [3.05, 3.63) is 29.8 Å². The van der Waals surface area contributed by atoms with E-state index in [1.165, 1.54) is 0 Å². The van der Waals surface area contributed by atoms with Crippen LogP contribution in [0.4, 0.5) is 10.5 Å². The molecule has 1 fully saturated rings. The molecule has 1 aliphatic heterocycles. The Morgan fingerprint density at radius 3 is 2.53 bits per heavy atom. The lowest BCUT2D eigenvalue weighted by atomic mass is 9.96. The van der Waals surface area contributed by atoms with Gasteiger partial charge in [-0.3, -0.25) is 9.59 Å². The molecule has 2 rings (SSSR count). The maximum atomic E-state index is 12.3. The number of anilines is 1. The minimum atomic E-state index is -0.572. The van der Waals surface area contributed by atoms with Crippen molar-refractivity contribution in [1.29, 1.82) is 0 Å². The molecular weight excluding hydrogens is 386 g/mol. The van der Waals surface area contributed by atoms with Crippen LogP contribution in [0.25, 0.3) is 0 Å². The number of ether oxygens (including phenoxy) is 2. The number of amides is 3. The molecule has 30 heavy (non-hydrogen) atoms. The fraction of sp³-hybridized carbons (Fsp3) is 0.591. The molecule has 0 radical (unpaired) electrons. The molecule has 0 spiro atoms. The van der Waals surface area contributed by atoms with Crippen LogP contribution in [0.15, 0.2) is 24.3 Å². The van der Waals surface area contributed by atoms with Gasteiger partial charge in [0.25, 0.3) is 0 Å². The maximum absolute atomic E-state index is 12.3. The molecule has 3 amide bonds. The molecule has 0 unspecified atom stereocenters. The van der Waals surface area contributed by atoms with E-state index in [-0.39, 0.29) is 24.8 Å². The van der Waals surface area contributed by atoms with Crippen LogP contribution in [-0.2, 0) is 25.6 Å². The highest BCUT2D eigenvalue weighted by Gasteiger charge is 2.18. The molecular formula is C22H33N3O5. The van der Waals surface area contributed by atoms with Crippen molar-refractivity contribution in [3.63, 3.8) is 0 Å². The molecule has 0 bridgehead atoms. The zero-order valence-electron chi connectivity index (χ0n) is 18.1. The van der Waals surface area contributed by atoms with E-state index in [0.717, 1.165) is 31.6 Å². The highest BCUT2D eigenvalue weighted by Crippen LogP contribution is 2.19. The van der Waals surface area contributed by atoms with E-state index in [9.17, 15) is 14.4 Å². The van der Waals surface area contributed by atoms with Gasteiger partial charge >= 0.3 is 6.09 Å². The van der Waals surface area contributed by atoms with Crippen LogP contribution in [0.5, 0.6) is 0 Å². The van der Waals surface area contributed by atoms with Crippen molar-refractivity contribution >= 4 is 23.6 Å². The van der Waals surface area contributed by atoms with Crippen LogP contribution in [-0.4, -0.2) is 43.3 Å². The van der Waals surface area contributed by atoms with Gasteiger partial charge in [-0.2, -0.15) is 0 Å². The molecule has 0 aromatic heterocycles. The Morgan fingerprint density at radius 1 is 1.10 bits per heavy atom. The highest BCUT2D eigenvalue weighted by atomic mass is 16.6. The number of nitrogens with one attached hydrogen (secondary N) is 3. The molecule has 0 aliphatic carbocycles. The summed E-state index contributed by atoms with van der Waals surface area (Å²) in [5.41, 5.74) is 1.02. The molecule has 1 aromatic carbocycles. The van der Waals surface area contributed by atoms with Crippen molar-refractivity contribution < 1.29 is 23.9 Å². The van der Waals surface area contributed by atoms with Crippen molar-refractivity contribution in [2.24, 2.45) is 5.92 Å². The Morgan fingerprint density at radius 2 is 1.83 bits per heavy atom. The van der Waals surface area contributed by atoms with Gasteiger partial charge in [0.15, 0.2) is 0 Å². The highest BCUT2D eigenvalue weighted by molar-refractivity contribution is 5.90. The lowest BCUT2D eigenvalue weighted by molar-refractivity contribution is -0.121. The van der Waals surface area contributed by atoms with E-state index < -0.39 is 11.7 Å². The van der Waals surface area contributed by atoms with E-state index in [2.05, 4.69) is 16.0 Å². The minimum Gasteiger partial charge on any atom is -0.444 e. The van der Waals surface area contributed by atoms with E-state index in [1.807, 2.05) is 24.3 Å². The van der Waals surface area contributed by atoms with Gasteiger partial charge in [-0.05, 0) is 57.2 Å². The Hall–Kier alpha value is -2.61. The molecule has 166 valence electrons. The first-order valence-corrected chi connectivity index (χ1v) is 10.4. The molecule has 8 nitrogen and oxygen atoms in total. The monoisotopic (exact) mass is 419 g/mol. The minimum absolute atomic E-state index is 0.00342.